The first-order chi connectivity index (χ1) is 27.2. The number of hydrogen-bond donors (Lipinski definition) is 1. The molecule has 3 heterocycles. The molecule has 10 nitrogen and oxygen atoms in total. The molecule has 1 aliphatic heterocycles. The van der Waals surface area contributed by atoms with Gasteiger partial charge in [0.15, 0.2) is 0 Å². The van der Waals surface area contributed by atoms with Gasteiger partial charge in [0.2, 0.25) is 0 Å². The molecule has 0 atom stereocenters. The summed E-state index contributed by atoms with van der Waals surface area (Å²) in [6.07, 6.45) is 3.21. The molecule has 0 bridgehead atoms. The van der Waals surface area contributed by atoms with E-state index in [9.17, 15) is 19.2 Å². The Bertz CT molecular complexity index is 2330. The number of carbonyl (C=O) groups excluding carboxylic acids is 3. The lowest BCUT2D eigenvalue weighted by atomic mass is 10.0. The van der Waals surface area contributed by atoms with Crippen LogP contribution in [0.1, 0.15) is 95.9 Å². The van der Waals surface area contributed by atoms with Gasteiger partial charge in [-0.2, -0.15) is 0 Å². The fourth-order valence-corrected chi connectivity index (χ4v) is 6.28. The Morgan fingerprint density at radius 3 is 2.02 bits per heavy atom. The van der Waals surface area contributed by atoms with E-state index in [-0.39, 0.29) is 24.3 Å². The van der Waals surface area contributed by atoms with Crippen molar-refractivity contribution in [3.63, 3.8) is 0 Å². The first-order valence-electron chi connectivity index (χ1n) is 19.0. The summed E-state index contributed by atoms with van der Waals surface area (Å²) in [5.74, 6) is -1.40. The number of aromatic nitrogens is 3. The number of carbonyl (C=O) groups is 3. The van der Waals surface area contributed by atoms with Gasteiger partial charge in [-0.05, 0) is 72.6 Å². The van der Waals surface area contributed by atoms with Crippen LogP contribution in [0.25, 0.3) is 16.6 Å². The highest BCUT2D eigenvalue weighted by atomic mass is 19.1. The number of fused-ring (bicyclic) bond motifs is 2. The molecule has 0 fully saturated rings. The van der Waals surface area contributed by atoms with Crippen LogP contribution < -0.4 is 15.6 Å². The summed E-state index contributed by atoms with van der Waals surface area (Å²) in [5, 5.41) is 3.55. The molecule has 0 radical (unpaired) electrons. The number of hydrogen-bond acceptors (Lipinski definition) is 6. The van der Waals surface area contributed by atoms with Crippen molar-refractivity contribution in [2.45, 2.75) is 67.9 Å². The predicted molar refractivity (Wildman–Crippen MR) is 221 cm³/mol. The Kier molecular flexibility index (Phi) is 15.0. The number of imide groups is 1. The van der Waals surface area contributed by atoms with Crippen LogP contribution >= 0.6 is 0 Å². The summed E-state index contributed by atoms with van der Waals surface area (Å²) in [5.41, 5.74) is 2.93. The topological polar surface area (TPSA) is 116 Å². The molecule has 56 heavy (non-hydrogen) atoms. The van der Waals surface area contributed by atoms with E-state index in [1.54, 1.807) is 91.6 Å². The van der Waals surface area contributed by atoms with E-state index in [0.717, 1.165) is 21.4 Å². The van der Waals surface area contributed by atoms with Crippen molar-refractivity contribution in [3.05, 3.63) is 153 Å². The summed E-state index contributed by atoms with van der Waals surface area (Å²) in [7, 11) is 1.58. The molecule has 292 valence electrons. The van der Waals surface area contributed by atoms with Crippen LogP contribution in [0, 0.1) is 12.7 Å². The number of halogens is 1. The summed E-state index contributed by atoms with van der Waals surface area (Å²) >= 11 is 0. The summed E-state index contributed by atoms with van der Waals surface area (Å²) in [6, 6.07) is 27.1. The number of nitrogens with one attached hydrogen (secondary N) is 1. The van der Waals surface area contributed by atoms with Gasteiger partial charge in [-0.15, -0.1) is 0 Å². The average Bonchev–Trinajstić information content (AvgIpc) is 3.62. The third-order valence-electron chi connectivity index (χ3n) is 8.77. The molecule has 0 unspecified atom stereocenters. The van der Waals surface area contributed by atoms with E-state index < -0.39 is 29.1 Å². The van der Waals surface area contributed by atoms with Crippen molar-refractivity contribution in [1.29, 1.82) is 0 Å². The van der Waals surface area contributed by atoms with Gasteiger partial charge < -0.3 is 10.1 Å². The van der Waals surface area contributed by atoms with E-state index in [1.165, 1.54) is 17.2 Å². The lowest BCUT2D eigenvalue weighted by molar-refractivity contribution is 0.0645. The average molecular weight is 760 g/mol. The van der Waals surface area contributed by atoms with Gasteiger partial charge >= 0.3 is 0 Å². The van der Waals surface area contributed by atoms with Gasteiger partial charge in [0.05, 0.1) is 41.7 Å². The second kappa shape index (κ2) is 19.8. The van der Waals surface area contributed by atoms with Gasteiger partial charge in [-0.25, -0.2) is 9.07 Å². The van der Waals surface area contributed by atoms with Crippen molar-refractivity contribution in [1.82, 2.24) is 19.2 Å². The van der Waals surface area contributed by atoms with Crippen LogP contribution in [-0.4, -0.2) is 50.6 Å². The quantitative estimate of drug-likeness (QED) is 0.147. The van der Waals surface area contributed by atoms with Gasteiger partial charge in [0.1, 0.15) is 17.1 Å². The highest BCUT2D eigenvalue weighted by molar-refractivity contribution is 6.21. The Labute approximate surface area is 327 Å². The van der Waals surface area contributed by atoms with Crippen molar-refractivity contribution in [2.75, 3.05) is 19.0 Å². The molecule has 2 aromatic heterocycles. The molecular formula is C45H50FN5O5. The minimum atomic E-state index is -0.715. The Morgan fingerprint density at radius 1 is 0.786 bits per heavy atom. The van der Waals surface area contributed by atoms with Gasteiger partial charge in [0.25, 0.3) is 23.3 Å². The summed E-state index contributed by atoms with van der Waals surface area (Å²) in [6.45, 7) is 13.9. The normalized spacial score (nSPS) is 11.4. The molecule has 4 aromatic carbocycles. The second-order valence-electron chi connectivity index (χ2n) is 12.3. The van der Waals surface area contributed by atoms with Crippen LogP contribution in [0.3, 0.4) is 0 Å². The maximum Gasteiger partial charge on any atom is 0.284 e. The number of amides is 3. The fourth-order valence-electron chi connectivity index (χ4n) is 6.28. The number of anilines is 1. The van der Waals surface area contributed by atoms with Gasteiger partial charge in [0, 0.05) is 36.3 Å². The zero-order valence-electron chi connectivity index (χ0n) is 33.4. The lowest BCUT2D eigenvalue weighted by Crippen LogP contribution is -2.34. The number of methoxy groups -OCH3 is 1. The molecule has 11 heteroatoms. The minimum absolute atomic E-state index is 0.0256. The summed E-state index contributed by atoms with van der Waals surface area (Å²) < 4.78 is 23.7. The minimum Gasteiger partial charge on any atom is -0.497 e. The molecule has 1 N–H and O–H groups in total. The molecule has 3 amide bonds. The van der Waals surface area contributed by atoms with Crippen molar-refractivity contribution >= 4 is 34.3 Å². The van der Waals surface area contributed by atoms with E-state index in [1.807, 2.05) is 52.0 Å². The molecule has 0 saturated carbocycles. The van der Waals surface area contributed by atoms with E-state index >= 15 is 4.39 Å². The van der Waals surface area contributed by atoms with Crippen molar-refractivity contribution in [2.24, 2.45) is 0 Å². The molecule has 7 rings (SSSR count). The van der Waals surface area contributed by atoms with Crippen molar-refractivity contribution in [3.8, 4) is 11.4 Å². The number of pyridine rings is 1. The first-order valence-corrected chi connectivity index (χ1v) is 19.0. The standard InChI is InChI=1S/C38H30FN5O5.C3H8.2C2H6/c1-23-34(35(45)41-26-13-12-25(32(39)21-26)20-24-16-17-40-33-22-28(49-2)14-15-29(24)33)38(48)44(27-8-4-3-5-9-27)43(23)19-18-42-36(46)30-10-6-7-11-31(30)37(42)47;1-3-2;2*1-2/h3-17,21-22H,18-20H2,1-2H3,(H,41,45);3H2,1-2H3;2*1-2H3. The van der Waals surface area contributed by atoms with E-state index in [2.05, 4.69) is 24.1 Å². The highest BCUT2D eigenvalue weighted by Crippen LogP contribution is 2.26. The van der Waals surface area contributed by atoms with E-state index in [0.29, 0.717) is 40.2 Å². The number of rotatable bonds is 9. The molecule has 0 aliphatic carbocycles. The van der Waals surface area contributed by atoms with Crippen LogP contribution in [0.5, 0.6) is 5.75 Å². The van der Waals surface area contributed by atoms with Gasteiger partial charge in [-0.3, -0.25) is 33.7 Å². The smallest absolute Gasteiger partial charge is 0.284 e. The molecule has 0 saturated heterocycles. The Balaban J connectivity index is 0.000000936. The zero-order valence-corrected chi connectivity index (χ0v) is 33.4. The van der Waals surface area contributed by atoms with Gasteiger partial charge in [-0.1, -0.05) is 84.4 Å². The summed E-state index contributed by atoms with van der Waals surface area (Å²) in [4.78, 5) is 59.1. The largest absolute Gasteiger partial charge is 0.497 e. The predicted octanol–water partition coefficient (Wildman–Crippen LogP) is 9.25. The van der Waals surface area contributed by atoms with Crippen LogP contribution in [0.2, 0.25) is 0 Å². The SMILES string of the molecule is CC.CC.CCC.COc1ccc2c(Cc3ccc(NC(=O)c4c(C)n(CCN5C(=O)c6ccccc6C5=O)n(-c5ccccc5)c4=O)cc3F)ccnc2c1. The highest BCUT2D eigenvalue weighted by Gasteiger charge is 2.35. The van der Waals surface area contributed by atoms with Crippen molar-refractivity contribution < 1.29 is 23.5 Å². The maximum absolute atomic E-state index is 15.4. The molecule has 6 aromatic rings. The molecule has 0 spiro atoms. The third-order valence-corrected chi connectivity index (χ3v) is 8.77. The molecule has 1 aliphatic rings. The molecular weight excluding hydrogens is 710 g/mol. The van der Waals surface area contributed by atoms with Crippen LogP contribution in [0.4, 0.5) is 10.1 Å². The third kappa shape index (κ3) is 8.94. The Morgan fingerprint density at radius 2 is 1.41 bits per heavy atom. The second-order valence-corrected chi connectivity index (χ2v) is 12.3. The zero-order chi connectivity index (χ0) is 40.9. The number of benzene rings is 4. The Hall–Kier alpha value is -6.36. The van der Waals surface area contributed by atoms with Crippen LogP contribution in [0.15, 0.2) is 108 Å². The lowest BCUT2D eigenvalue weighted by Gasteiger charge is -2.18. The van der Waals surface area contributed by atoms with E-state index in [4.69, 9.17) is 4.74 Å². The number of ether oxygens (including phenoxy) is 1. The number of para-hydroxylation sites is 1. The number of nitrogens with zero attached hydrogens (tertiary/aromatic N) is 4. The fraction of sp³-hybridized carbons (Fsp3) is 0.267. The first kappa shape index (κ1) is 42.4. The van der Waals surface area contributed by atoms with Crippen LogP contribution in [-0.2, 0) is 13.0 Å². The monoisotopic (exact) mass is 759 g/mol. The maximum atomic E-state index is 15.4.